The normalized spacial score (nSPS) is 13.9. The second kappa shape index (κ2) is 7.13. The van der Waals surface area contributed by atoms with Crippen LogP contribution in [0.1, 0.15) is 31.7 Å². The minimum Gasteiger partial charge on any atom is -0.394 e. The first kappa shape index (κ1) is 14.7. The van der Waals surface area contributed by atoms with Gasteiger partial charge in [0.15, 0.2) is 0 Å². The van der Waals surface area contributed by atoms with Gasteiger partial charge in [-0.25, -0.2) is 0 Å². The van der Waals surface area contributed by atoms with Crippen LogP contribution >= 0.6 is 0 Å². The zero-order chi connectivity index (χ0) is 13.4. The van der Waals surface area contributed by atoms with Gasteiger partial charge in [0.1, 0.15) is 0 Å². The van der Waals surface area contributed by atoms with Crippen LogP contribution in [0, 0.1) is 0 Å². The van der Waals surface area contributed by atoms with Gasteiger partial charge < -0.3 is 16.2 Å². The van der Waals surface area contributed by atoms with E-state index in [-0.39, 0.29) is 12.5 Å². The lowest BCUT2D eigenvalue weighted by Gasteiger charge is -2.29. The van der Waals surface area contributed by atoms with Crippen molar-refractivity contribution in [3.63, 3.8) is 0 Å². The fourth-order valence-corrected chi connectivity index (χ4v) is 1.81. The van der Waals surface area contributed by atoms with Crippen molar-refractivity contribution >= 4 is 5.91 Å². The number of hydrogen-bond acceptors (Lipinski definition) is 3. The van der Waals surface area contributed by atoms with Gasteiger partial charge >= 0.3 is 0 Å². The Morgan fingerprint density at radius 3 is 2.56 bits per heavy atom. The van der Waals surface area contributed by atoms with Gasteiger partial charge in [-0.3, -0.25) is 4.79 Å². The molecule has 4 N–H and O–H groups in total. The summed E-state index contributed by atoms with van der Waals surface area (Å²) in [4.78, 5) is 11.8. The zero-order valence-corrected chi connectivity index (χ0v) is 10.9. The minimum absolute atomic E-state index is 0.0520. The molecule has 0 radical (unpaired) electrons. The molecule has 1 amide bonds. The molecule has 0 aromatic heterocycles. The Hall–Kier alpha value is -1.39. The zero-order valence-electron chi connectivity index (χ0n) is 10.9. The summed E-state index contributed by atoms with van der Waals surface area (Å²) in [7, 11) is 0. The number of nitrogens with two attached hydrogens (primary N) is 1. The number of aliphatic hydroxyl groups is 1. The lowest BCUT2D eigenvalue weighted by Crippen LogP contribution is -2.46. The van der Waals surface area contributed by atoms with Crippen LogP contribution in [0.4, 0.5) is 0 Å². The smallest absolute Gasteiger partial charge is 0.220 e. The van der Waals surface area contributed by atoms with Gasteiger partial charge in [-0.2, -0.15) is 0 Å². The average Bonchev–Trinajstić information content (AvgIpc) is 2.40. The Labute approximate surface area is 108 Å². The van der Waals surface area contributed by atoms with E-state index in [9.17, 15) is 9.90 Å². The van der Waals surface area contributed by atoms with Gasteiger partial charge in [0.25, 0.3) is 0 Å². The van der Waals surface area contributed by atoms with Crippen molar-refractivity contribution in [2.75, 3.05) is 13.2 Å². The van der Waals surface area contributed by atoms with E-state index < -0.39 is 5.54 Å². The topological polar surface area (TPSA) is 75.3 Å². The first-order valence-electron chi connectivity index (χ1n) is 6.30. The van der Waals surface area contributed by atoms with Crippen LogP contribution < -0.4 is 11.1 Å². The van der Waals surface area contributed by atoms with Gasteiger partial charge in [-0.05, 0) is 31.9 Å². The van der Waals surface area contributed by atoms with E-state index in [0.29, 0.717) is 13.0 Å². The Kier molecular flexibility index (Phi) is 5.82. The van der Waals surface area contributed by atoms with E-state index in [1.54, 1.807) is 0 Å². The van der Waals surface area contributed by atoms with E-state index in [2.05, 4.69) is 5.32 Å². The molecular weight excluding hydrogens is 228 g/mol. The molecule has 0 heterocycles. The van der Waals surface area contributed by atoms with Crippen molar-refractivity contribution in [3.05, 3.63) is 35.9 Å². The molecule has 1 unspecified atom stereocenters. The molecule has 1 aromatic carbocycles. The van der Waals surface area contributed by atoms with Crippen molar-refractivity contribution < 1.29 is 9.90 Å². The molecule has 100 valence electrons. The lowest BCUT2D eigenvalue weighted by molar-refractivity contribution is -0.123. The van der Waals surface area contributed by atoms with Gasteiger partial charge in [0.05, 0.1) is 12.1 Å². The number of aliphatic hydroxyl groups excluding tert-OH is 1. The predicted octanol–water partition coefficient (Wildman–Crippen LogP) is 1.14. The number of unbranched alkanes of at least 4 members (excludes halogenated alkanes) is 1. The number of hydrogen-bond donors (Lipinski definition) is 3. The van der Waals surface area contributed by atoms with Crippen LogP contribution in [-0.4, -0.2) is 24.2 Å². The number of benzene rings is 1. The Morgan fingerprint density at radius 1 is 1.33 bits per heavy atom. The summed E-state index contributed by atoms with van der Waals surface area (Å²) in [5.41, 5.74) is 5.57. The van der Waals surface area contributed by atoms with E-state index in [1.165, 1.54) is 0 Å². The molecule has 0 bridgehead atoms. The van der Waals surface area contributed by atoms with Crippen molar-refractivity contribution in [1.82, 2.24) is 5.32 Å². The quantitative estimate of drug-likeness (QED) is 0.635. The maximum atomic E-state index is 11.8. The number of nitrogens with one attached hydrogen (secondary N) is 1. The second-order valence-corrected chi connectivity index (χ2v) is 4.65. The standard InChI is InChI=1S/C14H22N2O2/c1-14(11-17,12-7-3-2-4-8-12)16-13(18)9-5-6-10-15/h2-4,7-8,17H,5-6,9-11,15H2,1H3,(H,16,18). The number of carbonyl (C=O) groups is 1. The lowest BCUT2D eigenvalue weighted by atomic mass is 9.92. The Balaban J connectivity index is 2.63. The highest BCUT2D eigenvalue weighted by molar-refractivity contribution is 5.77. The van der Waals surface area contributed by atoms with Crippen LogP contribution in [0.2, 0.25) is 0 Å². The molecule has 0 saturated heterocycles. The van der Waals surface area contributed by atoms with E-state index in [4.69, 9.17) is 5.73 Å². The summed E-state index contributed by atoms with van der Waals surface area (Å²) in [6, 6.07) is 9.49. The monoisotopic (exact) mass is 250 g/mol. The second-order valence-electron chi connectivity index (χ2n) is 4.65. The molecular formula is C14H22N2O2. The van der Waals surface area contributed by atoms with Crippen molar-refractivity contribution in [2.45, 2.75) is 31.7 Å². The van der Waals surface area contributed by atoms with Crippen LogP contribution in [0.5, 0.6) is 0 Å². The molecule has 0 aliphatic carbocycles. The molecule has 1 atom stereocenters. The Morgan fingerprint density at radius 2 is 2.00 bits per heavy atom. The third kappa shape index (κ3) is 4.13. The minimum atomic E-state index is -0.721. The molecule has 0 aliphatic heterocycles. The fourth-order valence-electron chi connectivity index (χ4n) is 1.81. The van der Waals surface area contributed by atoms with Crippen LogP contribution in [0.15, 0.2) is 30.3 Å². The van der Waals surface area contributed by atoms with Gasteiger partial charge in [0, 0.05) is 6.42 Å². The highest BCUT2D eigenvalue weighted by atomic mass is 16.3. The molecule has 0 aliphatic rings. The summed E-state index contributed by atoms with van der Waals surface area (Å²) in [5.74, 6) is -0.0520. The molecule has 1 rings (SSSR count). The first-order valence-corrected chi connectivity index (χ1v) is 6.30. The van der Waals surface area contributed by atoms with Gasteiger partial charge in [0.2, 0.25) is 5.91 Å². The summed E-state index contributed by atoms with van der Waals surface area (Å²) < 4.78 is 0. The van der Waals surface area contributed by atoms with E-state index in [0.717, 1.165) is 18.4 Å². The largest absolute Gasteiger partial charge is 0.394 e. The van der Waals surface area contributed by atoms with Gasteiger partial charge in [-0.15, -0.1) is 0 Å². The van der Waals surface area contributed by atoms with Crippen LogP contribution in [0.3, 0.4) is 0 Å². The average molecular weight is 250 g/mol. The maximum absolute atomic E-state index is 11.8. The molecule has 0 fully saturated rings. The fraction of sp³-hybridized carbons (Fsp3) is 0.500. The molecule has 0 saturated carbocycles. The first-order chi connectivity index (χ1) is 8.62. The summed E-state index contributed by atoms with van der Waals surface area (Å²) >= 11 is 0. The molecule has 0 spiro atoms. The predicted molar refractivity (Wildman–Crippen MR) is 71.9 cm³/mol. The third-order valence-electron chi connectivity index (χ3n) is 3.00. The number of carbonyl (C=O) groups excluding carboxylic acids is 1. The Bertz CT molecular complexity index is 367. The molecule has 18 heavy (non-hydrogen) atoms. The third-order valence-corrected chi connectivity index (χ3v) is 3.00. The molecule has 1 aromatic rings. The van der Waals surface area contributed by atoms with Crippen molar-refractivity contribution in [3.8, 4) is 0 Å². The SMILES string of the molecule is CC(CO)(NC(=O)CCCCN)c1ccccc1. The van der Waals surface area contributed by atoms with Crippen molar-refractivity contribution in [1.29, 1.82) is 0 Å². The summed E-state index contributed by atoms with van der Waals surface area (Å²) in [6.45, 7) is 2.30. The van der Waals surface area contributed by atoms with Crippen LogP contribution in [-0.2, 0) is 10.3 Å². The maximum Gasteiger partial charge on any atom is 0.220 e. The highest BCUT2D eigenvalue weighted by Crippen LogP contribution is 2.20. The summed E-state index contributed by atoms with van der Waals surface area (Å²) in [6.07, 6.45) is 2.06. The molecule has 4 heteroatoms. The van der Waals surface area contributed by atoms with Gasteiger partial charge in [-0.1, -0.05) is 30.3 Å². The van der Waals surface area contributed by atoms with Crippen LogP contribution in [0.25, 0.3) is 0 Å². The van der Waals surface area contributed by atoms with E-state index >= 15 is 0 Å². The number of rotatable bonds is 7. The number of amides is 1. The molecule has 4 nitrogen and oxygen atoms in total. The van der Waals surface area contributed by atoms with E-state index in [1.807, 2.05) is 37.3 Å². The van der Waals surface area contributed by atoms with Crippen molar-refractivity contribution in [2.24, 2.45) is 5.73 Å². The summed E-state index contributed by atoms with van der Waals surface area (Å²) in [5, 5.41) is 12.4. The highest BCUT2D eigenvalue weighted by Gasteiger charge is 2.27.